The Labute approximate surface area is 80.3 Å². The first-order valence-corrected chi connectivity index (χ1v) is 5.10. The number of hydrogen-bond donors (Lipinski definition) is 1. The Bertz CT molecular complexity index is 320. The number of carbonyl (C=O) groups excluding carboxylic acids is 1. The van der Waals surface area contributed by atoms with Crippen molar-refractivity contribution < 1.29 is 4.79 Å². The second-order valence-electron chi connectivity index (χ2n) is 2.54. The molecule has 0 N–H and O–H groups in total. The Kier molecular flexibility index (Phi) is 3.31. The molecule has 0 aliphatic rings. The van der Waals surface area contributed by atoms with Crippen molar-refractivity contribution >= 4 is 40.4 Å². The molecule has 0 aliphatic carbocycles. The number of allylic oxidation sites excluding steroid dienone is 1. The summed E-state index contributed by atoms with van der Waals surface area (Å²) in [6.45, 7) is 0. The number of rotatable bonds is 2. The summed E-state index contributed by atoms with van der Waals surface area (Å²) in [5.41, 5.74) is 1.02. The highest BCUT2D eigenvalue weighted by molar-refractivity contribution is 7.80. The average Bonchev–Trinajstić information content (AvgIpc) is 2.07. The minimum atomic E-state index is 0.771. The van der Waals surface area contributed by atoms with Gasteiger partial charge in [-0.2, -0.15) is 0 Å². The van der Waals surface area contributed by atoms with E-state index >= 15 is 0 Å². The molecule has 3 heteroatoms. The molecule has 12 heavy (non-hydrogen) atoms. The summed E-state index contributed by atoms with van der Waals surface area (Å²) in [6, 6.07) is 5.99. The summed E-state index contributed by atoms with van der Waals surface area (Å²) in [4.78, 5) is 11.0. The minimum absolute atomic E-state index is 0.771. The highest BCUT2D eigenvalue weighted by Gasteiger charge is 1.92. The quantitative estimate of drug-likeness (QED) is 0.308. The molecule has 1 rings (SSSR count). The Morgan fingerprint density at radius 2 is 2.17 bits per heavy atom. The van der Waals surface area contributed by atoms with Gasteiger partial charge in [0.15, 0.2) is 0 Å². The van der Waals surface area contributed by atoms with E-state index in [4.69, 9.17) is 0 Å². The summed E-state index contributed by atoms with van der Waals surface area (Å²) in [5, 5.41) is 1.28. The third kappa shape index (κ3) is 2.36. The van der Waals surface area contributed by atoms with Gasteiger partial charge >= 0.3 is 0 Å². The monoisotopic (exact) mass is 194 g/mol. The molecule has 62 valence electrons. The minimum Gasteiger partial charge on any atom is -0.299 e. The zero-order valence-corrected chi connectivity index (χ0v) is 9.71. The van der Waals surface area contributed by atoms with Crippen LogP contribution < -0.4 is 5.19 Å². The lowest BCUT2D eigenvalue weighted by molar-refractivity contribution is -0.104. The molecular weight excluding hydrogens is 184 g/mol. The van der Waals surface area contributed by atoms with Crippen LogP contribution in [-0.2, 0) is 4.79 Å². The van der Waals surface area contributed by atoms with Crippen LogP contribution in [0, 0.1) is 0 Å². The molecule has 0 saturated heterocycles. The average molecular weight is 194 g/mol. The molecule has 0 radical (unpaired) electrons. The van der Waals surface area contributed by atoms with Gasteiger partial charge in [0.1, 0.15) is 6.29 Å². The molecule has 0 heterocycles. The van der Waals surface area contributed by atoms with E-state index in [9.17, 15) is 4.79 Å². The van der Waals surface area contributed by atoms with E-state index in [-0.39, 0.29) is 0 Å². The van der Waals surface area contributed by atoms with E-state index in [0.717, 1.165) is 27.0 Å². The molecular formula is C9H10OSSi. The summed E-state index contributed by atoms with van der Waals surface area (Å²) in [5.74, 6) is 0. The second-order valence-corrected chi connectivity index (χ2v) is 4.10. The lowest BCUT2D eigenvalue weighted by atomic mass is 10.2. The molecule has 0 saturated carbocycles. The van der Waals surface area contributed by atoms with Crippen LogP contribution in [-0.4, -0.2) is 16.5 Å². The molecule has 1 aromatic rings. The fourth-order valence-corrected chi connectivity index (χ4v) is 1.42. The van der Waals surface area contributed by atoms with Crippen LogP contribution in [0.2, 0.25) is 0 Å². The largest absolute Gasteiger partial charge is 0.299 e. The van der Waals surface area contributed by atoms with Crippen LogP contribution in [0.5, 0.6) is 0 Å². The highest BCUT2D eigenvalue weighted by atomic mass is 32.1. The highest BCUT2D eigenvalue weighted by Crippen LogP contribution is 2.07. The maximum Gasteiger partial charge on any atom is 0.142 e. The smallest absolute Gasteiger partial charge is 0.142 e. The lowest BCUT2D eigenvalue weighted by Crippen LogP contribution is -2.03. The van der Waals surface area contributed by atoms with Gasteiger partial charge in [0.25, 0.3) is 0 Å². The van der Waals surface area contributed by atoms with Crippen LogP contribution in [0.1, 0.15) is 5.56 Å². The molecule has 0 unspecified atom stereocenters. The van der Waals surface area contributed by atoms with Crippen molar-refractivity contribution in [3.63, 3.8) is 0 Å². The third-order valence-electron chi connectivity index (χ3n) is 1.60. The number of thiol groups is 1. The van der Waals surface area contributed by atoms with Gasteiger partial charge in [0.2, 0.25) is 0 Å². The predicted molar refractivity (Wildman–Crippen MR) is 58.4 cm³/mol. The van der Waals surface area contributed by atoms with Gasteiger partial charge in [-0.15, -0.1) is 12.6 Å². The van der Waals surface area contributed by atoms with Crippen molar-refractivity contribution in [2.45, 2.75) is 4.90 Å². The van der Waals surface area contributed by atoms with Crippen molar-refractivity contribution in [3.8, 4) is 0 Å². The molecule has 0 bridgehead atoms. The SMILES string of the molecule is O=C/C=C/c1ccc([SiH3])c(S)c1. The summed E-state index contributed by atoms with van der Waals surface area (Å²) in [7, 11) is 1.01. The van der Waals surface area contributed by atoms with Gasteiger partial charge in [0.05, 0.1) is 0 Å². The molecule has 0 fully saturated rings. The van der Waals surface area contributed by atoms with Gasteiger partial charge in [-0.3, -0.25) is 4.79 Å². The van der Waals surface area contributed by atoms with Crippen molar-refractivity contribution in [1.82, 2.24) is 0 Å². The standard InChI is InChI=1S/C9H10OSSi/c10-5-1-2-7-3-4-9(12)8(11)6-7/h1-6,11H,12H3/b2-1+. The van der Waals surface area contributed by atoms with E-state index in [1.807, 2.05) is 18.2 Å². The third-order valence-corrected chi connectivity index (χ3v) is 3.38. The van der Waals surface area contributed by atoms with Crippen LogP contribution in [0.3, 0.4) is 0 Å². The number of aldehydes is 1. The van der Waals surface area contributed by atoms with E-state index in [2.05, 4.69) is 12.6 Å². The van der Waals surface area contributed by atoms with E-state index < -0.39 is 0 Å². The number of hydrogen-bond acceptors (Lipinski definition) is 2. The predicted octanol–water partition coefficient (Wildman–Crippen LogP) is 0.178. The number of carbonyl (C=O) groups is 1. The summed E-state index contributed by atoms with van der Waals surface area (Å²) >= 11 is 4.30. The van der Waals surface area contributed by atoms with E-state index in [0.29, 0.717) is 0 Å². The van der Waals surface area contributed by atoms with Crippen molar-refractivity contribution in [2.24, 2.45) is 0 Å². The van der Waals surface area contributed by atoms with Crippen LogP contribution in [0.15, 0.2) is 29.2 Å². The van der Waals surface area contributed by atoms with Gasteiger partial charge in [-0.25, -0.2) is 0 Å². The van der Waals surface area contributed by atoms with Gasteiger partial charge in [-0.1, -0.05) is 23.4 Å². The van der Waals surface area contributed by atoms with Gasteiger partial charge < -0.3 is 0 Å². The maximum atomic E-state index is 10.0. The Balaban J connectivity index is 2.96. The van der Waals surface area contributed by atoms with E-state index in [1.165, 1.54) is 11.3 Å². The van der Waals surface area contributed by atoms with Crippen LogP contribution in [0.25, 0.3) is 6.08 Å². The summed E-state index contributed by atoms with van der Waals surface area (Å²) < 4.78 is 0. The second kappa shape index (κ2) is 4.28. The molecule has 1 nitrogen and oxygen atoms in total. The lowest BCUT2D eigenvalue weighted by Gasteiger charge is -1.98. The molecule has 0 spiro atoms. The zero-order valence-electron chi connectivity index (χ0n) is 6.82. The topological polar surface area (TPSA) is 17.1 Å². The molecule has 0 amide bonds. The first kappa shape index (κ1) is 9.29. The van der Waals surface area contributed by atoms with Crippen molar-refractivity contribution in [1.29, 1.82) is 0 Å². The molecule has 0 aliphatic heterocycles. The van der Waals surface area contributed by atoms with E-state index in [1.54, 1.807) is 6.08 Å². The normalized spacial score (nSPS) is 10.8. The van der Waals surface area contributed by atoms with Crippen molar-refractivity contribution in [2.75, 3.05) is 0 Å². The van der Waals surface area contributed by atoms with Crippen LogP contribution >= 0.6 is 12.6 Å². The Morgan fingerprint density at radius 3 is 2.75 bits per heavy atom. The van der Waals surface area contributed by atoms with Gasteiger partial charge in [0, 0.05) is 15.1 Å². The first-order valence-electron chi connectivity index (χ1n) is 3.65. The molecule has 0 atom stereocenters. The fraction of sp³-hybridized carbons (Fsp3) is 0. The molecule has 1 aromatic carbocycles. The molecule has 0 aromatic heterocycles. The summed E-state index contributed by atoms with van der Waals surface area (Å²) in [6.07, 6.45) is 4.02. The van der Waals surface area contributed by atoms with Crippen molar-refractivity contribution in [3.05, 3.63) is 29.8 Å². The van der Waals surface area contributed by atoms with Crippen LogP contribution in [0.4, 0.5) is 0 Å². The fourth-order valence-electron chi connectivity index (χ4n) is 0.880. The Morgan fingerprint density at radius 1 is 1.42 bits per heavy atom. The maximum absolute atomic E-state index is 10.0. The number of benzene rings is 1. The first-order chi connectivity index (χ1) is 5.74. The zero-order chi connectivity index (χ0) is 8.97. The Hall–Kier alpha value is -0.803. The van der Waals surface area contributed by atoms with Gasteiger partial charge in [-0.05, 0) is 17.7 Å².